The number of aromatic hydroxyl groups is 1. The van der Waals surface area contributed by atoms with E-state index in [1.807, 2.05) is 0 Å². The van der Waals surface area contributed by atoms with Gasteiger partial charge in [0.1, 0.15) is 17.3 Å². The van der Waals surface area contributed by atoms with Crippen molar-refractivity contribution in [3.8, 4) is 17.3 Å². The smallest absolute Gasteiger partial charge is 0.242 e. The van der Waals surface area contributed by atoms with Crippen LogP contribution in [0.15, 0.2) is 66.1 Å². The highest BCUT2D eigenvalue weighted by Crippen LogP contribution is 2.42. The summed E-state index contributed by atoms with van der Waals surface area (Å²) in [6.07, 6.45) is 6.98. The molecule has 7 nitrogen and oxygen atoms in total. The van der Waals surface area contributed by atoms with Crippen LogP contribution in [-0.2, 0) is 6.54 Å². The fourth-order valence-electron chi connectivity index (χ4n) is 4.02. The molecule has 0 saturated carbocycles. The second kappa shape index (κ2) is 6.87. The molecule has 30 heavy (non-hydrogen) atoms. The Bertz CT molecular complexity index is 1300. The highest BCUT2D eigenvalue weighted by molar-refractivity contribution is 5.60. The molecule has 0 saturated heterocycles. The molecule has 0 aliphatic carbocycles. The average Bonchev–Trinajstić information content (AvgIpc) is 3.20. The molecule has 1 aromatic carbocycles. The highest BCUT2D eigenvalue weighted by Gasteiger charge is 2.35. The maximum atomic E-state index is 14.0. The van der Waals surface area contributed by atoms with E-state index in [1.54, 1.807) is 35.3 Å². The van der Waals surface area contributed by atoms with Crippen molar-refractivity contribution < 1.29 is 13.9 Å². The summed E-state index contributed by atoms with van der Waals surface area (Å²) in [5.41, 5.74) is 0.826. The number of halogens is 2. The SMILES string of the molecule is O=c1cnn2c(c1O)-c1nccn1C[C@@H]2C(c1ccc(F)cc1)c1cncc(F)c1. The minimum atomic E-state index is -0.623. The van der Waals surface area contributed by atoms with Crippen LogP contribution in [0.5, 0.6) is 5.75 Å². The Morgan fingerprint density at radius 2 is 1.87 bits per heavy atom. The molecule has 1 N–H and O–H groups in total. The maximum Gasteiger partial charge on any atom is 0.242 e. The van der Waals surface area contributed by atoms with Crippen LogP contribution in [-0.4, -0.2) is 29.4 Å². The van der Waals surface area contributed by atoms with Gasteiger partial charge in [-0.1, -0.05) is 12.1 Å². The molecule has 0 amide bonds. The Labute approximate surface area is 168 Å². The van der Waals surface area contributed by atoms with Crippen LogP contribution < -0.4 is 5.43 Å². The molecule has 0 fully saturated rings. The fourth-order valence-corrected chi connectivity index (χ4v) is 4.02. The van der Waals surface area contributed by atoms with Gasteiger partial charge in [0.25, 0.3) is 0 Å². The molecule has 150 valence electrons. The van der Waals surface area contributed by atoms with E-state index in [9.17, 15) is 18.7 Å². The average molecular weight is 407 g/mol. The van der Waals surface area contributed by atoms with Crippen LogP contribution in [0.2, 0.25) is 0 Å². The van der Waals surface area contributed by atoms with Gasteiger partial charge in [0.05, 0.1) is 18.4 Å². The molecule has 0 bridgehead atoms. The Balaban J connectivity index is 1.76. The highest BCUT2D eigenvalue weighted by atomic mass is 19.1. The maximum absolute atomic E-state index is 14.0. The third kappa shape index (κ3) is 2.86. The van der Waals surface area contributed by atoms with Gasteiger partial charge in [-0.05, 0) is 29.3 Å². The van der Waals surface area contributed by atoms with Crippen molar-refractivity contribution >= 4 is 0 Å². The Morgan fingerprint density at radius 3 is 2.63 bits per heavy atom. The van der Waals surface area contributed by atoms with Gasteiger partial charge < -0.3 is 9.67 Å². The largest absolute Gasteiger partial charge is 0.503 e. The van der Waals surface area contributed by atoms with Crippen molar-refractivity contribution in [2.75, 3.05) is 0 Å². The van der Waals surface area contributed by atoms with Crippen LogP contribution in [0.25, 0.3) is 11.5 Å². The van der Waals surface area contributed by atoms with Gasteiger partial charge >= 0.3 is 0 Å². The lowest BCUT2D eigenvalue weighted by Crippen LogP contribution is -2.32. The van der Waals surface area contributed by atoms with Gasteiger partial charge in [-0.25, -0.2) is 13.8 Å². The molecule has 1 unspecified atom stereocenters. The summed E-state index contributed by atoms with van der Waals surface area (Å²) < 4.78 is 30.9. The first-order valence-corrected chi connectivity index (χ1v) is 9.21. The molecular weight excluding hydrogens is 392 g/mol. The summed E-state index contributed by atoms with van der Waals surface area (Å²) in [6.45, 7) is 0.385. The van der Waals surface area contributed by atoms with Crippen LogP contribution >= 0.6 is 0 Å². The predicted octanol–water partition coefficient (Wildman–Crippen LogP) is 2.87. The topological polar surface area (TPSA) is 85.8 Å². The quantitative estimate of drug-likeness (QED) is 0.565. The first-order valence-electron chi connectivity index (χ1n) is 9.21. The minimum absolute atomic E-state index is 0.181. The zero-order valence-corrected chi connectivity index (χ0v) is 15.5. The van der Waals surface area contributed by atoms with E-state index in [0.717, 1.165) is 12.4 Å². The second-order valence-electron chi connectivity index (χ2n) is 7.09. The molecule has 5 rings (SSSR count). The number of aromatic nitrogens is 5. The lowest BCUT2D eigenvalue weighted by atomic mass is 9.84. The number of imidazole rings is 1. The van der Waals surface area contributed by atoms with E-state index in [-0.39, 0.29) is 5.69 Å². The van der Waals surface area contributed by atoms with Crippen molar-refractivity contribution in [3.63, 3.8) is 0 Å². The van der Waals surface area contributed by atoms with Crippen LogP contribution in [0, 0.1) is 11.6 Å². The summed E-state index contributed by atoms with van der Waals surface area (Å²) in [4.78, 5) is 20.3. The van der Waals surface area contributed by atoms with E-state index in [1.165, 1.54) is 22.9 Å². The van der Waals surface area contributed by atoms with Crippen LogP contribution in [0.3, 0.4) is 0 Å². The van der Waals surface area contributed by atoms with Crippen LogP contribution in [0.1, 0.15) is 23.1 Å². The molecule has 2 atom stereocenters. The summed E-state index contributed by atoms with van der Waals surface area (Å²) in [5.74, 6) is -1.44. The Morgan fingerprint density at radius 1 is 1.07 bits per heavy atom. The number of rotatable bonds is 3. The third-order valence-corrected chi connectivity index (χ3v) is 5.31. The number of pyridine rings is 1. The summed E-state index contributed by atoms with van der Waals surface area (Å²) >= 11 is 0. The zero-order chi connectivity index (χ0) is 20.8. The van der Waals surface area contributed by atoms with Crippen LogP contribution in [0.4, 0.5) is 8.78 Å². The summed E-state index contributed by atoms with van der Waals surface area (Å²) in [6, 6.07) is 6.80. The monoisotopic (exact) mass is 407 g/mol. The third-order valence-electron chi connectivity index (χ3n) is 5.31. The summed E-state index contributed by atoms with van der Waals surface area (Å²) in [5, 5.41) is 14.7. The van der Waals surface area contributed by atoms with Crippen molar-refractivity contribution in [1.29, 1.82) is 0 Å². The Kier molecular flexibility index (Phi) is 4.16. The van der Waals surface area contributed by atoms with Crippen molar-refractivity contribution in [2.45, 2.75) is 18.5 Å². The minimum Gasteiger partial charge on any atom is -0.503 e. The number of benzene rings is 1. The molecule has 9 heteroatoms. The van der Waals surface area contributed by atoms with Gasteiger partial charge in [-0.15, -0.1) is 0 Å². The van der Waals surface area contributed by atoms with Gasteiger partial charge in [0.15, 0.2) is 11.6 Å². The van der Waals surface area contributed by atoms with Crippen molar-refractivity contribution in [3.05, 3.63) is 94.3 Å². The standard InChI is InChI=1S/C21H15F2N5O2/c22-14-3-1-12(2-4-14)18(13-7-15(23)9-24-8-13)16-11-27-6-5-25-21(27)19-20(30)17(29)10-26-28(16)19/h1-10,16,18,30H,11H2/t16-,18?/m1/s1. The van der Waals surface area contributed by atoms with E-state index in [2.05, 4.69) is 15.1 Å². The molecule has 0 spiro atoms. The number of hydrogen-bond acceptors (Lipinski definition) is 5. The molecular formula is C21H15F2N5O2. The fraction of sp³-hybridized carbons (Fsp3) is 0.143. The first kappa shape index (κ1) is 18.2. The molecule has 4 heterocycles. The predicted molar refractivity (Wildman–Crippen MR) is 103 cm³/mol. The molecule has 1 aliphatic heterocycles. The number of nitrogens with zero attached hydrogens (tertiary/aromatic N) is 5. The van der Waals surface area contributed by atoms with Gasteiger partial charge in [-0.2, -0.15) is 5.10 Å². The zero-order valence-electron chi connectivity index (χ0n) is 15.5. The van der Waals surface area contributed by atoms with E-state index in [0.29, 0.717) is 23.5 Å². The van der Waals surface area contributed by atoms with Crippen molar-refractivity contribution in [2.24, 2.45) is 0 Å². The lowest BCUT2D eigenvalue weighted by molar-refractivity contribution is 0.330. The van der Waals surface area contributed by atoms with Gasteiger partial charge in [-0.3, -0.25) is 14.5 Å². The molecule has 4 aromatic rings. The van der Waals surface area contributed by atoms with E-state index < -0.39 is 34.8 Å². The molecule has 1 aliphatic rings. The molecule has 0 radical (unpaired) electrons. The number of fused-ring (bicyclic) bond motifs is 3. The van der Waals surface area contributed by atoms with E-state index >= 15 is 0 Å². The second-order valence-corrected chi connectivity index (χ2v) is 7.09. The van der Waals surface area contributed by atoms with Gasteiger partial charge in [0, 0.05) is 31.1 Å². The normalized spacial score (nSPS) is 16.0. The summed E-state index contributed by atoms with van der Waals surface area (Å²) in [7, 11) is 0. The first-order chi connectivity index (χ1) is 14.5. The van der Waals surface area contributed by atoms with Crippen molar-refractivity contribution in [1.82, 2.24) is 24.3 Å². The lowest BCUT2D eigenvalue weighted by Gasteiger charge is -2.34. The van der Waals surface area contributed by atoms with E-state index in [4.69, 9.17) is 0 Å². The molecule has 3 aromatic heterocycles. The Hall–Kier alpha value is -3.88. The number of hydrogen-bond donors (Lipinski definition) is 1. The van der Waals surface area contributed by atoms with Gasteiger partial charge in [0.2, 0.25) is 5.43 Å².